The SMILES string of the molecule is O=C(NC[C@@H]1CCCN(Cc2cccs2)C1)[C@@H]1C[C@H]1c1ccco1. The molecule has 1 aliphatic heterocycles. The molecule has 3 atom stereocenters. The molecule has 0 spiro atoms. The van der Waals surface area contributed by atoms with Crippen LogP contribution in [0.4, 0.5) is 0 Å². The van der Waals surface area contributed by atoms with Crippen molar-refractivity contribution >= 4 is 17.2 Å². The Labute approximate surface area is 146 Å². The van der Waals surface area contributed by atoms with Crippen molar-refractivity contribution in [3.8, 4) is 0 Å². The molecule has 3 heterocycles. The third kappa shape index (κ3) is 3.73. The van der Waals surface area contributed by atoms with Gasteiger partial charge in [0.25, 0.3) is 0 Å². The van der Waals surface area contributed by atoms with E-state index in [1.807, 2.05) is 23.5 Å². The number of carbonyl (C=O) groups is 1. The van der Waals surface area contributed by atoms with Crippen LogP contribution < -0.4 is 5.32 Å². The van der Waals surface area contributed by atoms with E-state index < -0.39 is 0 Å². The lowest BCUT2D eigenvalue weighted by atomic mass is 9.98. The van der Waals surface area contributed by atoms with E-state index in [0.717, 1.165) is 31.8 Å². The van der Waals surface area contributed by atoms with E-state index in [4.69, 9.17) is 4.42 Å². The third-order valence-electron chi connectivity index (χ3n) is 5.16. The van der Waals surface area contributed by atoms with E-state index in [2.05, 4.69) is 27.7 Å². The Bertz CT molecular complexity index is 653. The van der Waals surface area contributed by atoms with Crippen molar-refractivity contribution in [1.82, 2.24) is 10.2 Å². The zero-order chi connectivity index (χ0) is 16.4. The number of piperidine rings is 1. The molecule has 1 N–H and O–H groups in total. The Kier molecular flexibility index (Phi) is 4.72. The highest BCUT2D eigenvalue weighted by Gasteiger charge is 2.45. The molecule has 1 saturated carbocycles. The molecule has 128 valence electrons. The van der Waals surface area contributed by atoms with Crippen molar-refractivity contribution < 1.29 is 9.21 Å². The molecule has 0 aromatic carbocycles. The minimum absolute atomic E-state index is 0.113. The molecule has 2 aromatic rings. The maximum Gasteiger partial charge on any atom is 0.223 e. The number of carbonyl (C=O) groups excluding carboxylic acids is 1. The summed E-state index contributed by atoms with van der Waals surface area (Å²) < 4.78 is 5.41. The van der Waals surface area contributed by atoms with Crippen molar-refractivity contribution in [2.24, 2.45) is 11.8 Å². The van der Waals surface area contributed by atoms with Crippen molar-refractivity contribution in [3.05, 3.63) is 46.5 Å². The molecule has 24 heavy (non-hydrogen) atoms. The minimum Gasteiger partial charge on any atom is -0.469 e. The lowest BCUT2D eigenvalue weighted by Gasteiger charge is -2.32. The van der Waals surface area contributed by atoms with Gasteiger partial charge in [0.05, 0.1) is 6.26 Å². The first-order valence-corrected chi connectivity index (χ1v) is 9.73. The molecule has 1 aliphatic carbocycles. The summed E-state index contributed by atoms with van der Waals surface area (Å²) in [5, 5.41) is 5.32. The molecule has 2 fully saturated rings. The standard InChI is InChI=1S/C19H24N2O2S/c22-19(17-10-16(17)18-6-2-8-23-18)20-11-14-4-1-7-21(12-14)13-15-5-3-9-24-15/h2-3,5-6,8-9,14,16-17H,1,4,7,10-13H2,(H,20,22)/t14-,16+,17+/m0/s1. The molecule has 1 amide bonds. The summed E-state index contributed by atoms with van der Waals surface area (Å²) in [4.78, 5) is 16.3. The topological polar surface area (TPSA) is 45.5 Å². The summed E-state index contributed by atoms with van der Waals surface area (Å²) >= 11 is 1.83. The van der Waals surface area contributed by atoms with Crippen molar-refractivity contribution in [1.29, 1.82) is 0 Å². The zero-order valence-corrected chi connectivity index (χ0v) is 14.6. The summed E-state index contributed by atoms with van der Waals surface area (Å²) in [6.45, 7) is 4.11. The minimum atomic E-state index is 0.113. The molecule has 5 heteroatoms. The molecule has 2 aliphatic rings. The normalized spacial score (nSPS) is 27.1. The maximum atomic E-state index is 12.3. The van der Waals surface area contributed by atoms with Gasteiger partial charge in [-0.1, -0.05) is 6.07 Å². The van der Waals surface area contributed by atoms with Crippen LogP contribution in [0, 0.1) is 11.8 Å². The van der Waals surface area contributed by atoms with Crippen molar-refractivity contribution in [2.45, 2.75) is 31.7 Å². The smallest absolute Gasteiger partial charge is 0.223 e. The molecule has 4 nitrogen and oxygen atoms in total. The van der Waals surface area contributed by atoms with Gasteiger partial charge in [0, 0.05) is 36.3 Å². The van der Waals surface area contributed by atoms with Gasteiger partial charge in [0.15, 0.2) is 0 Å². The number of hydrogen-bond acceptors (Lipinski definition) is 4. The van der Waals surface area contributed by atoms with Crippen LogP contribution in [0.1, 0.15) is 35.8 Å². The second-order valence-electron chi connectivity index (χ2n) is 7.03. The molecular weight excluding hydrogens is 320 g/mol. The summed E-state index contributed by atoms with van der Waals surface area (Å²) in [5.74, 6) is 2.13. The molecule has 1 saturated heterocycles. The average Bonchev–Trinajstić information content (AvgIpc) is 3.00. The van der Waals surface area contributed by atoms with Crippen LogP contribution in [-0.4, -0.2) is 30.4 Å². The summed E-state index contributed by atoms with van der Waals surface area (Å²) in [6, 6.07) is 8.19. The van der Waals surface area contributed by atoms with Crippen LogP contribution in [0.15, 0.2) is 40.3 Å². The van der Waals surface area contributed by atoms with E-state index in [0.29, 0.717) is 11.8 Å². The number of furan rings is 1. The van der Waals surface area contributed by atoms with Crippen LogP contribution in [-0.2, 0) is 11.3 Å². The van der Waals surface area contributed by atoms with Gasteiger partial charge in [0.1, 0.15) is 5.76 Å². The number of amides is 1. The largest absolute Gasteiger partial charge is 0.469 e. The second-order valence-corrected chi connectivity index (χ2v) is 8.06. The predicted octanol–water partition coefficient (Wildman–Crippen LogP) is 3.47. The lowest BCUT2D eigenvalue weighted by molar-refractivity contribution is -0.122. The van der Waals surface area contributed by atoms with Crippen LogP contribution >= 0.6 is 11.3 Å². The van der Waals surface area contributed by atoms with Crippen LogP contribution in [0.5, 0.6) is 0 Å². The summed E-state index contributed by atoms with van der Waals surface area (Å²) in [7, 11) is 0. The van der Waals surface area contributed by atoms with E-state index in [-0.39, 0.29) is 11.8 Å². The maximum absolute atomic E-state index is 12.3. The van der Waals surface area contributed by atoms with E-state index >= 15 is 0 Å². The van der Waals surface area contributed by atoms with Gasteiger partial charge in [-0.05, 0) is 55.3 Å². The average molecular weight is 344 g/mol. The fourth-order valence-corrected chi connectivity index (χ4v) is 4.51. The molecule has 0 bridgehead atoms. The molecule has 0 unspecified atom stereocenters. The highest BCUT2D eigenvalue weighted by molar-refractivity contribution is 7.09. The molecular formula is C19H24N2O2S. The first-order chi connectivity index (χ1) is 11.8. The third-order valence-corrected chi connectivity index (χ3v) is 6.02. The number of nitrogens with zero attached hydrogens (tertiary/aromatic N) is 1. The molecule has 2 aromatic heterocycles. The summed E-state index contributed by atoms with van der Waals surface area (Å²) in [5.41, 5.74) is 0. The highest BCUT2D eigenvalue weighted by Crippen LogP contribution is 2.47. The van der Waals surface area contributed by atoms with E-state index in [1.54, 1.807) is 6.26 Å². The summed E-state index contributed by atoms with van der Waals surface area (Å²) in [6.07, 6.45) is 5.05. The van der Waals surface area contributed by atoms with Gasteiger partial charge in [-0.15, -0.1) is 11.3 Å². The van der Waals surface area contributed by atoms with Crippen LogP contribution in [0.3, 0.4) is 0 Å². The monoisotopic (exact) mass is 344 g/mol. The van der Waals surface area contributed by atoms with Gasteiger partial charge in [-0.3, -0.25) is 9.69 Å². The Morgan fingerprint density at radius 3 is 3.12 bits per heavy atom. The van der Waals surface area contributed by atoms with E-state index in [1.165, 1.54) is 24.3 Å². The Balaban J connectivity index is 1.22. The van der Waals surface area contributed by atoms with Crippen molar-refractivity contribution in [2.75, 3.05) is 19.6 Å². The zero-order valence-electron chi connectivity index (χ0n) is 13.8. The number of thiophene rings is 1. The molecule has 4 rings (SSSR count). The quantitative estimate of drug-likeness (QED) is 0.873. The van der Waals surface area contributed by atoms with Gasteiger partial charge >= 0.3 is 0 Å². The number of likely N-dealkylation sites (tertiary alicyclic amines) is 1. The fraction of sp³-hybridized carbons (Fsp3) is 0.526. The Morgan fingerprint density at radius 1 is 1.38 bits per heavy atom. The van der Waals surface area contributed by atoms with E-state index in [9.17, 15) is 4.79 Å². The number of nitrogens with one attached hydrogen (secondary N) is 1. The van der Waals surface area contributed by atoms with Gasteiger partial charge in [0.2, 0.25) is 5.91 Å². The Hall–Kier alpha value is -1.59. The second kappa shape index (κ2) is 7.11. The number of rotatable bonds is 6. The highest BCUT2D eigenvalue weighted by atomic mass is 32.1. The van der Waals surface area contributed by atoms with Gasteiger partial charge < -0.3 is 9.73 Å². The first kappa shape index (κ1) is 15.9. The van der Waals surface area contributed by atoms with Crippen LogP contribution in [0.2, 0.25) is 0 Å². The van der Waals surface area contributed by atoms with Crippen molar-refractivity contribution in [3.63, 3.8) is 0 Å². The Morgan fingerprint density at radius 2 is 2.33 bits per heavy atom. The first-order valence-electron chi connectivity index (χ1n) is 8.85. The fourth-order valence-electron chi connectivity index (χ4n) is 3.76. The molecule has 0 radical (unpaired) electrons. The number of hydrogen-bond donors (Lipinski definition) is 1. The van der Waals surface area contributed by atoms with Gasteiger partial charge in [-0.25, -0.2) is 0 Å². The lowest BCUT2D eigenvalue weighted by Crippen LogP contribution is -2.40. The predicted molar refractivity (Wildman–Crippen MR) is 94.9 cm³/mol. The van der Waals surface area contributed by atoms with Gasteiger partial charge in [-0.2, -0.15) is 0 Å². The van der Waals surface area contributed by atoms with Crippen LogP contribution in [0.25, 0.3) is 0 Å².